The van der Waals surface area contributed by atoms with E-state index < -0.39 is 6.09 Å². The molecule has 0 saturated heterocycles. The summed E-state index contributed by atoms with van der Waals surface area (Å²) in [4.78, 5) is 13.8. The monoisotopic (exact) mass is 168 g/mol. The lowest BCUT2D eigenvalue weighted by Crippen LogP contribution is -2.12. The number of anilines is 1. The van der Waals surface area contributed by atoms with Crippen LogP contribution in [-0.2, 0) is 4.74 Å². The summed E-state index contributed by atoms with van der Waals surface area (Å²) in [5, 5.41) is 2.57. The molecule has 1 heterocycles. The highest BCUT2D eigenvalue weighted by atomic mass is 16.5. The van der Waals surface area contributed by atoms with Gasteiger partial charge in [-0.05, 0) is 19.9 Å². The van der Waals surface area contributed by atoms with Gasteiger partial charge in [0.1, 0.15) is 0 Å². The summed E-state index contributed by atoms with van der Waals surface area (Å²) in [5.41, 5.74) is 1.73. The Labute approximate surface area is 70.9 Å². The van der Waals surface area contributed by atoms with Crippen LogP contribution < -0.4 is 5.32 Å². The second-order valence-electron chi connectivity index (χ2n) is 2.42. The summed E-state index contributed by atoms with van der Waals surface area (Å²) in [6.07, 6.45) is 1.29. The van der Waals surface area contributed by atoms with E-state index in [2.05, 4.69) is 10.3 Å². The van der Waals surface area contributed by atoms with Gasteiger partial charge in [0.2, 0.25) is 0 Å². The van der Waals surface area contributed by atoms with Gasteiger partial charge in [0.05, 0.1) is 12.3 Å². The van der Waals surface area contributed by atoms with Crippen molar-refractivity contribution in [2.45, 2.75) is 13.8 Å². The molecule has 0 aromatic carbocycles. The van der Waals surface area contributed by atoms with Gasteiger partial charge in [-0.15, -0.1) is 0 Å². The number of aryl methyl sites for hydroxylation is 1. The molecular formula is C8H12N2O2. The van der Waals surface area contributed by atoms with Gasteiger partial charge in [-0.3, -0.25) is 5.32 Å². The Morgan fingerprint density at radius 3 is 3.00 bits per heavy atom. The number of rotatable bonds is 2. The number of nitrogens with one attached hydrogen (secondary N) is 2. The van der Waals surface area contributed by atoms with E-state index in [4.69, 9.17) is 4.74 Å². The number of ether oxygens (including phenoxy) is 1. The predicted molar refractivity (Wildman–Crippen MR) is 46.2 cm³/mol. The van der Waals surface area contributed by atoms with Crippen LogP contribution in [-0.4, -0.2) is 17.7 Å². The van der Waals surface area contributed by atoms with Crippen molar-refractivity contribution < 1.29 is 9.53 Å². The Kier molecular flexibility index (Phi) is 2.74. The highest BCUT2D eigenvalue weighted by molar-refractivity contribution is 5.84. The molecule has 4 nitrogen and oxygen atoms in total. The van der Waals surface area contributed by atoms with Crippen molar-refractivity contribution in [2.75, 3.05) is 11.9 Å². The lowest BCUT2D eigenvalue weighted by Gasteiger charge is -2.00. The third kappa shape index (κ3) is 2.30. The van der Waals surface area contributed by atoms with Gasteiger partial charge >= 0.3 is 6.09 Å². The van der Waals surface area contributed by atoms with Crippen LogP contribution in [0.15, 0.2) is 12.3 Å². The van der Waals surface area contributed by atoms with Crippen molar-refractivity contribution in [1.82, 2.24) is 4.98 Å². The minimum Gasteiger partial charge on any atom is -0.450 e. The topological polar surface area (TPSA) is 54.1 Å². The van der Waals surface area contributed by atoms with Crippen LogP contribution in [0.3, 0.4) is 0 Å². The molecule has 1 aromatic rings. The molecule has 0 aliphatic carbocycles. The number of hydrogen-bond donors (Lipinski definition) is 2. The van der Waals surface area contributed by atoms with Crippen molar-refractivity contribution >= 4 is 11.8 Å². The molecule has 0 fully saturated rings. The molecular weight excluding hydrogens is 156 g/mol. The average molecular weight is 168 g/mol. The number of aromatic amines is 1. The van der Waals surface area contributed by atoms with Crippen molar-refractivity contribution in [3.05, 3.63) is 18.0 Å². The first-order valence-corrected chi connectivity index (χ1v) is 3.81. The standard InChI is InChI=1S/C8H12N2O2/c1-3-12-8(11)10-7-4-6(2)9-5-7/h4-5,9H,3H2,1-2H3,(H,10,11). The molecule has 0 aliphatic rings. The van der Waals surface area contributed by atoms with Gasteiger partial charge in [-0.1, -0.05) is 0 Å². The number of H-pyrrole nitrogens is 1. The Balaban J connectivity index is 2.46. The van der Waals surface area contributed by atoms with Crippen LogP contribution in [0.1, 0.15) is 12.6 Å². The third-order valence-corrected chi connectivity index (χ3v) is 1.35. The van der Waals surface area contributed by atoms with Gasteiger partial charge < -0.3 is 9.72 Å². The van der Waals surface area contributed by atoms with Crippen LogP contribution >= 0.6 is 0 Å². The summed E-state index contributed by atoms with van der Waals surface area (Å²) in [5.74, 6) is 0. The van der Waals surface area contributed by atoms with E-state index in [1.165, 1.54) is 0 Å². The SMILES string of the molecule is CCOC(=O)Nc1c[nH]c(C)c1. The van der Waals surface area contributed by atoms with Gasteiger partial charge in [0.25, 0.3) is 0 Å². The molecule has 0 aliphatic heterocycles. The van der Waals surface area contributed by atoms with Crippen LogP contribution in [0, 0.1) is 6.92 Å². The Morgan fingerprint density at radius 1 is 1.75 bits per heavy atom. The lowest BCUT2D eigenvalue weighted by molar-refractivity contribution is 0.168. The minimum atomic E-state index is -0.420. The minimum absolute atomic E-state index is 0.384. The second-order valence-corrected chi connectivity index (χ2v) is 2.42. The second kappa shape index (κ2) is 3.80. The van der Waals surface area contributed by atoms with E-state index in [1.54, 1.807) is 13.1 Å². The van der Waals surface area contributed by atoms with Crippen molar-refractivity contribution in [1.29, 1.82) is 0 Å². The molecule has 0 radical (unpaired) electrons. The number of hydrogen-bond acceptors (Lipinski definition) is 2. The average Bonchev–Trinajstić information content (AvgIpc) is 2.36. The summed E-state index contributed by atoms with van der Waals surface area (Å²) in [6.45, 7) is 4.06. The molecule has 0 saturated carbocycles. The summed E-state index contributed by atoms with van der Waals surface area (Å²) < 4.78 is 4.69. The molecule has 12 heavy (non-hydrogen) atoms. The Morgan fingerprint density at radius 2 is 2.50 bits per heavy atom. The maximum Gasteiger partial charge on any atom is 0.411 e. The van der Waals surface area contributed by atoms with E-state index in [0.717, 1.165) is 11.4 Å². The van der Waals surface area contributed by atoms with Crippen LogP contribution in [0.5, 0.6) is 0 Å². The molecule has 66 valence electrons. The smallest absolute Gasteiger partial charge is 0.411 e. The van der Waals surface area contributed by atoms with E-state index in [1.807, 2.05) is 13.0 Å². The van der Waals surface area contributed by atoms with Crippen molar-refractivity contribution in [3.8, 4) is 0 Å². The first kappa shape index (κ1) is 8.64. The van der Waals surface area contributed by atoms with Gasteiger partial charge in [0.15, 0.2) is 0 Å². The highest BCUT2D eigenvalue weighted by Gasteiger charge is 2.01. The molecule has 2 N–H and O–H groups in total. The van der Waals surface area contributed by atoms with Crippen LogP contribution in [0.4, 0.5) is 10.5 Å². The van der Waals surface area contributed by atoms with Crippen LogP contribution in [0.2, 0.25) is 0 Å². The Bertz CT molecular complexity index is 268. The van der Waals surface area contributed by atoms with E-state index >= 15 is 0 Å². The fourth-order valence-corrected chi connectivity index (χ4v) is 0.865. The number of aromatic nitrogens is 1. The number of amides is 1. The first-order chi connectivity index (χ1) is 5.72. The largest absolute Gasteiger partial charge is 0.450 e. The molecule has 0 unspecified atom stereocenters. The first-order valence-electron chi connectivity index (χ1n) is 3.81. The van der Waals surface area contributed by atoms with Crippen molar-refractivity contribution in [3.63, 3.8) is 0 Å². The number of carbonyl (C=O) groups excluding carboxylic acids is 1. The Hall–Kier alpha value is -1.45. The normalized spacial score (nSPS) is 9.50. The molecule has 1 aromatic heterocycles. The van der Waals surface area contributed by atoms with Crippen LogP contribution in [0.25, 0.3) is 0 Å². The van der Waals surface area contributed by atoms with E-state index in [9.17, 15) is 4.79 Å². The molecule has 1 amide bonds. The van der Waals surface area contributed by atoms with E-state index in [0.29, 0.717) is 6.61 Å². The van der Waals surface area contributed by atoms with E-state index in [-0.39, 0.29) is 0 Å². The zero-order valence-corrected chi connectivity index (χ0v) is 7.18. The quantitative estimate of drug-likeness (QED) is 0.708. The molecule has 0 atom stereocenters. The lowest BCUT2D eigenvalue weighted by atomic mass is 10.4. The fourth-order valence-electron chi connectivity index (χ4n) is 0.865. The fraction of sp³-hybridized carbons (Fsp3) is 0.375. The molecule has 4 heteroatoms. The summed E-state index contributed by atoms with van der Waals surface area (Å²) in [6, 6.07) is 1.83. The summed E-state index contributed by atoms with van der Waals surface area (Å²) >= 11 is 0. The highest BCUT2D eigenvalue weighted by Crippen LogP contribution is 2.08. The zero-order valence-electron chi connectivity index (χ0n) is 7.18. The van der Waals surface area contributed by atoms with Crippen molar-refractivity contribution in [2.24, 2.45) is 0 Å². The molecule has 0 bridgehead atoms. The summed E-state index contributed by atoms with van der Waals surface area (Å²) in [7, 11) is 0. The maximum atomic E-state index is 10.9. The third-order valence-electron chi connectivity index (χ3n) is 1.35. The number of carbonyl (C=O) groups is 1. The predicted octanol–water partition coefficient (Wildman–Crippen LogP) is 1.89. The molecule has 0 spiro atoms. The van der Waals surface area contributed by atoms with Gasteiger partial charge in [0, 0.05) is 11.9 Å². The maximum absolute atomic E-state index is 10.9. The zero-order chi connectivity index (χ0) is 8.97. The van der Waals surface area contributed by atoms with Gasteiger partial charge in [-0.25, -0.2) is 4.79 Å². The molecule has 1 rings (SSSR count). The van der Waals surface area contributed by atoms with Gasteiger partial charge in [-0.2, -0.15) is 0 Å².